The molecule has 0 amide bonds. The van der Waals surface area contributed by atoms with Crippen molar-refractivity contribution < 1.29 is 0 Å². The highest BCUT2D eigenvalue weighted by Gasteiger charge is 2.06. The molecule has 4 heteroatoms. The molecular formula is C9H12N4. The molecule has 4 nitrogen and oxygen atoms in total. The summed E-state index contributed by atoms with van der Waals surface area (Å²) in [4.78, 5) is 8.47. The Kier molecular flexibility index (Phi) is 1.96. The van der Waals surface area contributed by atoms with E-state index in [1.807, 2.05) is 6.92 Å². The highest BCUT2D eigenvalue weighted by atomic mass is 15.3. The van der Waals surface area contributed by atoms with Crippen LogP contribution in [-0.2, 0) is 6.42 Å². The molecule has 0 bridgehead atoms. The van der Waals surface area contributed by atoms with Gasteiger partial charge in [0.05, 0.1) is 0 Å². The molecule has 2 aromatic heterocycles. The first-order valence-corrected chi connectivity index (χ1v) is 4.46. The maximum absolute atomic E-state index is 4.26. The minimum atomic E-state index is 0.939. The Morgan fingerprint density at radius 3 is 3.00 bits per heavy atom. The van der Waals surface area contributed by atoms with Crippen molar-refractivity contribution in [1.82, 2.24) is 19.6 Å². The number of hydrogen-bond donors (Lipinski definition) is 0. The van der Waals surface area contributed by atoms with Crippen LogP contribution >= 0.6 is 0 Å². The van der Waals surface area contributed by atoms with Crippen LogP contribution in [0.3, 0.4) is 0 Å². The zero-order chi connectivity index (χ0) is 9.26. The fraction of sp³-hybridized carbons (Fsp3) is 0.444. The molecule has 0 fully saturated rings. The highest BCUT2D eigenvalue weighted by Crippen LogP contribution is 2.12. The molecule has 0 aliphatic rings. The SMILES string of the molecule is CCCc1c(C)ncn2ncnc12. The van der Waals surface area contributed by atoms with E-state index >= 15 is 0 Å². The first kappa shape index (κ1) is 8.16. The van der Waals surface area contributed by atoms with E-state index in [4.69, 9.17) is 0 Å². The van der Waals surface area contributed by atoms with Crippen molar-refractivity contribution in [1.29, 1.82) is 0 Å². The van der Waals surface area contributed by atoms with Gasteiger partial charge >= 0.3 is 0 Å². The molecule has 0 aliphatic carbocycles. The summed E-state index contributed by atoms with van der Waals surface area (Å²) in [5.74, 6) is 0. The Morgan fingerprint density at radius 1 is 1.38 bits per heavy atom. The monoisotopic (exact) mass is 176 g/mol. The summed E-state index contributed by atoms with van der Waals surface area (Å²) in [6.45, 7) is 4.17. The van der Waals surface area contributed by atoms with Gasteiger partial charge < -0.3 is 0 Å². The second-order valence-electron chi connectivity index (χ2n) is 3.09. The van der Waals surface area contributed by atoms with E-state index < -0.39 is 0 Å². The zero-order valence-corrected chi connectivity index (χ0v) is 7.86. The fourth-order valence-electron chi connectivity index (χ4n) is 1.47. The second-order valence-corrected chi connectivity index (χ2v) is 3.09. The Labute approximate surface area is 76.6 Å². The molecule has 0 saturated heterocycles. The lowest BCUT2D eigenvalue weighted by molar-refractivity contribution is 0.851. The molecule has 0 spiro atoms. The van der Waals surface area contributed by atoms with Gasteiger partial charge in [0.1, 0.15) is 12.7 Å². The van der Waals surface area contributed by atoms with E-state index in [2.05, 4.69) is 22.0 Å². The summed E-state index contributed by atoms with van der Waals surface area (Å²) < 4.78 is 1.72. The quantitative estimate of drug-likeness (QED) is 0.694. The number of aryl methyl sites for hydroxylation is 2. The lowest BCUT2D eigenvalue weighted by Gasteiger charge is -2.03. The van der Waals surface area contributed by atoms with Gasteiger partial charge in [0.15, 0.2) is 5.65 Å². The van der Waals surface area contributed by atoms with Gasteiger partial charge in [0, 0.05) is 11.3 Å². The van der Waals surface area contributed by atoms with Crippen LogP contribution in [0, 0.1) is 6.92 Å². The van der Waals surface area contributed by atoms with Crippen molar-refractivity contribution in [3.8, 4) is 0 Å². The van der Waals surface area contributed by atoms with Crippen molar-refractivity contribution in [2.45, 2.75) is 26.7 Å². The largest absolute Gasteiger partial charge is 0.241 e. The van der Waals surface area contributed by atoms with Crippen molar-refractivity contribution in [2.24, 2.45) is 0 Å². The third kappa shape index (κ3) is 1.28. The minimum Gasteiger partial charge on any atom is -0.241 e. The third-order valence-corrected chi connectivity index (χ3v) is 2.14. The first-order chi connectivity index (χ1) is 6.33. The number of fused-ring (bicyclic) bond motifs is 1. The maximum Gasteiger partial charge on any atom is 0.162 e. The van der Waals surface area contributed by atoms with Crippen molar-refractivity contribution in [3.63, 3.8) is 0 Å². The molecule has 0 unspecified atom stereocenters. The average molecular weight is 176 g/mol. The van der Waals surface area contributed by atoms with E-state index in [9.17, 15) is 0 Å². The molecule has 2 heterocycles. The summed E-state index contributed by atoms with van der Waals surface area (Å²) >= 11 is 0. The Morgan fingerprint density at radius 2 is 2.23 bits per heavy atom. The smallest absolute Gasteiger partial charge is 0.162 e. The van der Waals surface area contributed by atoms with Crippen LogP contribution in [0.1, 0.15) is 24.6 Å². The van der Waals surface area contributed by atoms with Gasteiger partial charge in [-0.25, -0.2) is 14.5 Å². The number of aromatic nitrogens is 4. The van der Waals surface area contributed by atoms with E-state index in [0.29, 0.717) is 0 Å². The topological polar surface area (TPSA) is 43.1 Å². The summed E-state index contributed by atoms with van der Waals surface area (Å²) in [6.07, 6.45) is 5.39. The Bertz CT molecular complexity index is 418. The van der Waals surface area contributed by atoms with Crippen LogP contribution in [0.4, 0.5) is 0 Å². The number of hydrogen-bond acceptors (Lipinski definition) is 3. The molecule has 0 saturated carbocycles. The van der Waals surface area contributed by atoms with Gasteiger partial charge in [-0.05, 0) is 13.3 Å². The number of rotatable bonds is 2. The molecule has 0 radical (unpaired) electrons. The molecule has 68 valence electrons. The summed E-state index contributed by atoms with van der Waals surface area (Å²) in [5.41, 5.74) is 3.21. The summed E-state index contributed by atoms with van der Waals surface area (Å²) in [6, 6.07) is 0. The number of nitrogens with zero attached hydrogens (tertiary/aromatic N) is 4. The lowest BCUT2D eigenvalue weighted by atomic mass is 10.1. The van der Waals surface area contributed by atoms with Crippen molar-refractivity contribution in [2.75, 3.05) is 0 Å². The van der Waals surface area contributed by atoms with Crippen LogP contribution in [0.2, 0.25) is 0 Å². The second kappa shape index (κ2) is 3.12. The molecule has 13 heavy (non-hydrogen) atoms. The standard InChI is InChI=1S/C9H12N4/c1-3-4-8-7(2)11-6-13-9(8)10-5-12-13/h5-6H,3-4H2,1-2H3. The predicted octanol–water partition coefficient (Wildman–Crippen LogP) is 1.39. The Hall–Kier alpha value is -1.45. The predicted molar refractivity (Wildman–Crippen MR) is 49.5 cm³/mol. The normalized spacial score (nSPS) is 10.9. The van der Waals surface area contributed by atoms with Gasteiger partial charge in [0.25, 0.3) is 0 Å². The van der Waals surface area contributed by atoms with Crippen molar-refractivity contribution in [3.05, 3.63) is 23.9 Å². The highest BCUT2D eigenvalue weighted by molar-refractivity contribution is 5.47. The van der Waals surface area contributed by atoms with Crippen molar-refractivity contribution >= 4 is 5.65 Å². The fourth-order valence-corrected chi connectivity index (χ4v) is 1.47. The Balaban J connectivity index is 2.66. The van der Waals surface area contributed by atoms with E-state index in [-0.39, 0.29) is 0 Å². The molecular weight excluding hydrogens is 164 g/mol. The minimum absolute atomic E-state index is 0.939. The van der Waals surface area contributed by atoms with E-state index in [0.717, 1.165) is 24.2 Å². The molecule has 0 N–H and O–H groups in total. The van der Waals surface area contributed by atoms with Gasteiger partial charge in [-0.15, -0.1) is 0 Å². The van der Waals surface area contributed by atoms with Gasteiger partial charge in [-0.3, -0.25) is 0 Å². The maximum atomic E-state index is 4.26. The van der Waals surface area contributed by atoms with Gasteiger partial charge in [-0.1, -0.05) is 13.3 Å². The third-order valence-electron chi connectivity index (χ3n) is 2.14. The van der Waals surface area contributed by atoms with Crippen LogP contribution in [0.5, 0.6) is 0 Å². The zero-order valence-electron chi connectivity index (χ0n) is 7.86. The molecule has 0 aliphatic heterocycles. The van der Waals surface area contributed by atoms with Crippen LogP contribution < -0.4 is 0 Å². The lowest BCUT2D eigenvalue weighted by Crippen LogP contribution is -1.99. The summed E-state index contributed by atoms with van der Waals surface area (Å²) in [7, 11) is 0. The molecule has 0 aromatic carbocycles. The molecule has 0 atom stereocenters. The molecule has 2 aromatic rings. The van der Waals surface area contributed by atoms with Crippen LogP contribution in [-0.4, -0.2) is 19.6 Å². The molecule has 2 rings (SSSR count). The van der Waals surface area contributed by atoms with E-state index in [1.165, 1.54) is 5.56 Å². The first-order valence-electron chi connectivity index (χ1n) is 4.46. The van der Waals surface area contributed by atoms with Gasteiger partial charge in [0.2, 0.25) is 0 Å². The van der Waals surface area contributed by atoms with Gasteiger partial charge in [-0.2, -0.15) is 5.10 Å². The average Bonchev–Trinajstić information content (AvgIpc) is 2.58. The van der Waals surface area contributed by atoms with E-state index in [1.54, 1.807) is 17.2 Å². The summed E-state index contributed by atoms with van der Waals surface area (Å²) in [5, 5.41) is 4.05. The van der Waals surface area contributed by atoms with Crippen LogP contribution in [0.25, 0.3) is 5.65 Å². The van der Waals surface area contributed by atoms with Crippen LogP contribution in [0.15, 0.2) is 12.7 Å².